The number of aromatic nitrogens is 2. The molecule has 0 unspecified atom stereocenters. The van der Waals surface area contributed by atoms with Crippen molar-refractivity contribution < 1.29 is 9.47 Å². The maximum Gasteiger partial charge on any atom is 0.130 e. The second-order valence-electron chi connectivity index (χ2n) is 6.31. The van der Waals surface area contributed by atoms with E-state index < -0.39 is 0 Å². The van der Waals surface area contributed by atoms with Crippen molar-refractivity contribution in [2.45, 2.75) is 13.3 Å². The Bertz CT molecular complexity index is 1050. The lowest BCUT2D eigenvalue weighted by Gasteiger charge is -2.08. The van der Waals surface area contributed by atoms with Gasteiger partial charge in [0.15, 0.2) is 0 Å². The molecular weight excluding hydrogens is 324 g/mol. The van der Waals surface area contributed by atoms with Gasteiger partial charge < -0.3 is 14.5 Å². The van der Waals surface area contributed by atoms with Gasteiger partial charge in [0.1, 0.15) is 17.2 Å². The van der Waals surface area contributed by atoms with Crippen LogP contribution in [-0.2, 0) is 6.42 Å². The van der Waals surface area contributed by atoms with E-state index in [0.29, 0.717) is 0 Å². The van der Waals surface area contributed by atoms with E-state index in [-0.39, 0.29) is 0 Å². The summed E-state index contributed by atoms with van der Waals surface area (Å²) in [7, 11) is 1.68. The molecule has 0 aliphatic rings. The molecule has 0 radical (unpaired) electrons. The van der Waals surface area contributed by atoms with E-state index in [2.05, 4.69) is 22.1 Å². The van der Waals surface area contributed by atoms with Crippen LogP contribution in [0.4, 0.5) is 0 Å². The van der Waals surface area contributed by atoms with Crippen LogP contribution >= 0.6 is 0 Å². The summed E-state index contributed by atoms with van der Waals surface area (Å²) < 4.78 is 11.3. The summed E-state index contributed by atoms with van der Waals surface area (Å²) in [6, 6.07) is 20.0. The molecule has 130 valence electrons. The number of hydrogen-bond donors (Lipinski definition) is 1. The van der Waals surface area contributed by atoms with Crippen LogP contribution in [0.3, 0.4) is 0 Å². The first-order chi connectivity index (χ1) is 12.7. The summed E-state index contributed by atoms with van der Waals surface area (Å²) >= 11 is 0. The predicted molar refractivity (Wildman–Crippen MR) is 103 cm³/mol. The van der Waals surface area contributed by atoms with Crippen LogP contribution in [0.2, 0.25) is 0 Å². The second-order valence-corrected chi connectivity index (χ2v) is 6.31. The number of ether oxygens (including phenoxy) is 2. The van der Waals surface area contributed by atoms with E-state index in [4.69, 9.17) is 9.47 Å². The Labute approximate surface area is 152 Å². The highest BCUT2D eigenvalue weighted by Crippen LogP contribution is 2.26. The van der Waals surface area contributed by atoms with Gasteiger partial charge in [-0.3, -0.25) is 4.98 Å². The summed E-state index contributed by atoms with van der Waals surface area (Å²) in [5.41, 5.74) is 4.36. The topological polar surface area (TPSA) is 47.1 Å². The van der Waals surface area contributed by atoms with Crippen molar-refractivity contribution in [1.82, 2.24) is 9.97 Å². The number of fused-ring (bicyclic) bond motifs is 1. The van der Waals surface area contributed by atoms with Crippen LogP contribution in [0.5, 0.6) is 17.2 Å². The van der Waals surface area contributed by atoms with Crippen molar-refractivity contribution in [1.29, 1.82) is 0 Å². The van der Waals surface area contributed by atoms with Crippen molar-refractivity contribution in [3.63, 3.8) is 0 Å². The number of nitrogens with zero attached hydrogens (tertiary/aromatic N) is 1. The van der Waals surface area contributed by atoms with E-state index in [0.717, 1.165) is 51.5 Å². The number of benzene rings is 2. The standard InChI is InChI=1S/C22H20N2O2/c1-15-10-17-13-20(6-7-22(17)24-15)26-21-8-9-23-18(14-21)11-16-4-3-5-19(12-16)25-2/h3-10,12-14,24H,11H2,1-2H3. The van der Waals surface area contributed by atoms with Crippen molar-refractivity contribution in [3.05, 3.63) is 83.8 Å². The van der Waals surface area contributed by atoms with Gasteiger partial charge >= 0.3 is 0 Å². The molecule has 0 atom stereocenters. The number of hydrogen-bond acceptors (Lipinski definition) is 3. The van der Waals surface area contributed by atoms with Gasteiger partial charge in [-0.25, -0.2) is 0 Å². The molecule has 4 rings (SSSR count). The van der Waals surface area contributed by atoms with Gasteiger partial charge in [0, 0.05) is 41.0 Å². The van der Waals surface area contributed by atoms with Crippen molar-refractivity contribution in [2.75, 3.05) is 7.11 Å². The number of nitrogens with one attached hydrogen (secondary N) is 1. The van der Waals surface area contributed by atoms with Crippen LogP contribution in [0.25, 0.3) is 10.9 Å². The predicted octanol–water partition coefficient (Wildman–Crippen LogP) is 5.26. The Morgan fingerprint density at radius 3 is 2.69 bits per heavy atom. The first kappa shape index (κ1) is 16.2. The maximum absolute atomic E-state index is 6.04. The van der Waals surface area contributed by atoms with E-state index in [9.17, 15) is 0 Å². The monoisotopic (exact) mass is 344 g/mol. The number of rotatable bonds is 5. The Kier molecular flexibility index (Phi) is 4.32. The van der Waals surface area contributed by atoms with Crippen molar-refractivity contribution in [2.24, 2.45) is 0 Å². The molecule has 4 nitrogen and oxygen atoms in total. The fourth-order valence-corrected chi connectivity index (χ4v) is 3.06. The molecule has 0 fully saturated rings. The lowest BCUT2D eigenvalue weighted by molar-refractivity contribution is 0.414. The van der Waals surface area contributed by atoms with Crippen LogP contribution in [0, 0.1) is 6.92 Å². The Balaban J connectivity index is 1.54. The third-order valence-corrected chi connectivity index (χ3v) is 4.27. The molecule has 0 spiro atoms. The third-order valence-electron chi connectivity index (χ3n) is 4.27. The molecule has 0 bridgehead atoms. The van der Waals surface area contributed by atoms with Crippen LogP contribution in [-0.4, -0.2) is 17.1 Å². The minimum absolute atomic E-state index is 0.727. The molecule has 0 amide bonds. The van der Waals surface area contributed by atoms with Crippen LogP contribution in [0.1, 0.15) is 17.0 Å². The third kappa shape index (κ3) is 3.54. The van der Waals surface area contributed by atoms with Gasteiger partial charge in [-0.05, 0) is 55.0 Å². The lowest BCUT2D eigenvalue weighted by Crippen LogP contribution is -1.94. The van der Waals surface area contributed by atoms with Gasteiger partial charge in [0.2, 0.25) is 0 Å². The fourth-order valence-electron chi connectivity index (χ4n) is 3.06. The number of aryl methyl sites for hydroxylation is 1. The van der Waals surface area contributed by atoms with Gasteiger partial charge in [-0.2, -0.15) is 0 Å². The quantitative estimate of drug-likeness (QED) is 0.537. The Morgan fingerprint density at radius 1 is 0.923 bits per heavy atom. The van der Waals surface area contributed by atoms with Gasteiger partial charge in [-0.15, -0.1) is 0 Å². The van der Waals surface area contributed by atoms with Crippen LogP contribution in [0.15, 0.2) is 66.9 Å². The highest BCUT2D eigenvalue weighted by atomic mass is 16.5. The zero-order chi connectivity index (χ0) is 17.9. The average molecular weight is 344 g/mol. The number of H-pyrrole nitrogens is 1. The molecular formula is C22H20N2O2. The highest BCUT2D eigenvalue weighted by Gasteiger charge is 2.05. The summed E-state index contributed by atoms with van der Waals surface area (Å²) in [4.78, 5) is 7.78. The fraction of sp³-hybridized carbons (Fsp3) is 0.136. The first-order valence-electron chi connectivity index (χ1n) is 8.55. The molecule has 1 N–H and O–H groups in total. The lowest BCUT2D eigenvalue weighted by atomic mass is 10.1. The Hall–Kier alpha value is -3.27. The summed E-state index contributed by atoms with van der Waals surface area (Å²) in [6.07, 6.45) is 2.51. The SMILES string of the molecule is COc1cccc(Cc2cc(Oc3ccc4[nH]c(C)cc4c3)ccn2)c1. The van der Waals surface area contributed by atoms with E-state index >= 15 is 0 Å². The average Bonchev–Trinajstić information content (AvgIpc) is 3.01. The van der Waals surface area contributed by atoms with E-state index in [1.165, 1.54) is 0 Å². The summed E-state index contributed by atoms with van der Waals surface area (Å²) in [5, 5.41) is 1.14. The van der Waals surface area contributed by atoms with Gasteiger partial charge in [0.25, 0.3) is 0 Å². The largest absolute Gasteiger partial charge is 0.497 e. The number of pyridine rings is 1. The zero-order valence-corrected chi connectivity index (χ0v) is 14.8. The van der Waals surface area contributed by atoms with Gasteiger partial charge in [0.05, 0.1) is 7.11 Å². The number of aromatic amines is 1. The van der Waals surface area contributed by atoms with E-state index in [1.807, 2.05) is 55.5 Å². The Morgan fingerprint density at radius 2 is 1.81 bits per heavy atom. The molecule has 0 aliphatic heterocycles. The number of methoxy groups -OCH3 is 1. The highest BCUT2D eigenvalue weighted by molar-refractivity contribution is 5.81. The van der Waals surface area contributed by atoms with E-state index in [1.54, 1.807) is 13.3 Å². The van der Waals surface area contributed by atoms with Crippen molar-refractivity contribution in [3.8, 4) is 17.2 Å². The van der Waals surface area contributed by atoms with Gasteiger partial charge in [-0.1, -0.05) is 12.1 Å². The molecule has 26 heavy (non-hydrogen) atoms. The molecule has 2 heterocycles. The summed E-state index contributed by atoms with van der Waals surface area (Å²) in [5.74, 6) is 2.45. The maximum atomic E-state index is 6.04. The molecule has 4 heteroatoms. The summed E-state index contributed by atoms with van der Waals surface area (Å²) in [6.45, 7) is 2.05. The smallest absolute Gasteiger partial charge is 0.130 e. The molecule has 0 aliphatic carbocycles. The first-order valence-corrected chi connectivity index (χ1v) is 8.55. The van der Waals surface area contributed by atoms with Crippen LogP contribution < -0.4 is 9.47 Å². The molecule has 2 aromatic carbocycles. The van der Waals surface area contributed by atoms with Crippen molar-refractivity contribution >= 4 is 10.9 Å². The second kappa shape index (κ2) is 6.92. The molecule has 2 aromatic heterocycles. The normalized spacial score (nSPS) is 10.8. The molecule has 0 saturated heterocycles. The molecule has 4 aromatic rings. The minimum Gasteiger partial charge on any atom is -0.497 e. The minimum atomic E-state index is 0.727. The molecule has 0 saturated carbocycles. The zero-order valence-electron chi connectivity index (χ0n) is 14.8.